The van der Waals surface area contributed by atoms with Gasteiger partial charge in [-0.1, -0.05) is 19.9 Å². The van der Waals surface area contributed by atoms with E-state index in [-0.39, 0.29) is 23.4 Å². The van der Waals surface area contributed by atoms with Crippen LogP contribution in [-0.4, -0.2) is 32.5 Å². The highest BCUT2D eigenvalue weighted by Gasteiger charge is 2.15. The fourth-order valence-electron chi connectivity index (χ4n) is 1.37. The summed E-state index contributed by atoms with van der Waals surface area (Å²) in [7, 11) is 2.28. The van der Waals surface area contributed by atoms with E-state index in [0.29, 0.717) is 5.56 Å². The van der Waals surface area contributed by atoms with E-state index in [4.69, 9.17) is 14.2 Å². The van der Waals surface area contributed by atoms with E-state index in [2.05, 4.69) is 9.47 Å². The molecule has 1 aromatic rings. The first-order chi connectivity index (χ1) is 11.4. The van der Waals surface area contributed by atoms with Crippen LogP contribution in [0.3, 0.4) is 0 Å². The van der Waals surface area contributed by atoms with Crippen molar-refractivity contribution in [1.29, 1.82) is 0 Å². The minimum Gasteiger partial charge on any atom is -0.437 e. The maximum Gasteiger partial charge on any atom is 0.513 e. The van der Waals surface area contributed by atoms with Crippen molar-refractivity contribution in [2.45, 2.75) is 13.8 Å². The number of hydrogen-bond acceptors (Lipinski definition) is 8. The molecular formula is C16H18O8. The Labute approximate surface area is 138 Å². The van der Waals surface area contributed by atoms with E-state index in [1.165, 1.54) is 24.5 Å². The summed E-state index contributed by atoms with van der Waals surface area (Å²) in [5, 5.41) is 0. The fraction of sp³-hybridized carbons (Fsp3) is 0.312. The smallest absolute Gasteiger partial charge is 0.437 e. The third-order valence-corrected chi connectivity index (χ3v) is 2.60. The van der Waals surface area contributed by atoms with E-state index < -0.39 is 12.3 Å². The Balaban J connectivity index is 2.97. The Kier molecular flexibility index (Phi) is 7.28. The molecule has 0 N–H and O–H groups in total. The topological polar surface area (TPSA) is 97.4 Å². The summed E-state index contributed by atoms with van der Waals surface area (Å²) in [6.07, 6.45) is 0.725. The second kappa shape index (κ2) is 9.19. The molecule has 1 rings (SSSR count). The quantitative estimate of drug-likeness (QED) is 0.349. The van der Waals surface area contributed by atoms with E-state index in [1.807, 2.05) is 0 Å². The van der Waals surface area contributed by atoms with Crippen molar-refractivity contribution in [3.8, 4) is 11.5 Å². The molecule has 0 amide bonds. The van der Waals surface area contributed by atoms with Crippen molar-refractivity contribution in [3.05, 3.63) is 30.0 Å². The Morgan fingerprint density at radius 1 is 0.958 bits per heavy atom. The number of benzene rings is 1. The third kappa shape index (κ3) is 5.99. The zero-order chi connectivity index (χ0) is 18.1. The van der Waals surface area contributed by atoms with Crippen molar-refractivity contribution >= 4 is 24.4 Å². The monoisotopic (exact) mass is 338 g/mol. The van der Waals surface area contributed by atoms with Crippen LogP contribution in [0.15, 0.2) is 24.5 Å². The third-order valence-electron chi connectivity index (χ3n) is 2.60. The number of carbonyl (C=O) groups excluding carboxylic acids is 3. The predicted molar refractivity (Wildman–Crippen MR) is 82.5 cm³/mol. The molecule has 0 heterocycles. The van der Waals surface area contributed by atoms with Gasteiger partial charge in [0.15, 0.2) is 11.5 Å². The molecule has 24 heavy (non-hydrogen) atoms. The van der Waals surface area contributed by atoms with Crippen LogP contribution < -0.4 is 9.47 Å². The molecule has 0 fully saturated rings. The van der Waals surface area contributed by atoms with Gasteiger partial charge in [0.05, 0.1) is 26.4 Å². The Hall–Kier alpha value is -3.03. The highest BCUT2D eigenvalue weighted by Crippen LogP contribution is 2.29. The zero-order valence-corrected chi connectivity index (χ0v) is 13.7. The summed E-state index contributed by atoms with van der Waals surface area (Å²) in [6.45, 7) is 3.41. The number of hydrogen-bond donors (Lipinski definition) is 0. The zero-order valence-electron chi connectivity index (χ0n) is 13.7. The number of ether oxygens (including phenoxy) is 5. The van der Waals surface area contributed by atoms with Gasteiger partial charge in [0.25, 0.3) is 0 Å². The van der Waals surface area contributed by atoms with Gasteiger partial charge >= 0.3 is 18.3 Å². The van der Waals surface area contributed by atoms with Gasteiger partial charge in [0.2, 0.25) is 0 Å². The maximum atomic E-state index is 11.4. The lowest BCUT2D eigenvalue weighted by atomic mass is 10.2. The normalized spacial score (nSPS) is 10.4. The molecule has 0 aliphatic rings. The molecule has 8 heteroatoms. The van der Waals surface area contributed by atoms with Crippen LogP contribution in [0.25, 0.3) is 6.08 Å². The first-order valence-corrected chi connectivity index (χ1v) is 6.90. The van der Waals surface area contributed by atoms with Gasteiger partial charge in [-0.3, -0.25) is 4.79 Å². The summed E-state index contributed by atoms with van der Waals surface area (Å²) in [4.78, 5) is 33.8. The number of esters is 1. The van der Waals surface area contributed by atoms with Gasteiger partial charge in [-0.25, -0.2) is 9.59 Å². The highest BCUT2D eigenvalue weighted by atomic mass is 16.7. The van der Waals surface area contributed by atoms with Crippen molar-refractivity contribution in [2.75, 3.05) is 14.2 Å². The van der Waals surface area contributed by atoms with Gasteiger partial charge < -0.3 is 23.7 Å². The molecule has 0 spiro atoms. The van der Waals surface area contributed by atoms with Crippen molar-refractivity contribution < 1.29 is 38.1 Å². The SMILES string of the molecule is COC(=O)Oc1ccc(/C=C/OC(=O)C(C)C)cc1OC(=O)OC. The predicted octanol–water partition coefficient (Wildman–Crippen LogP) is 3.15. The summed E-state index contributed by atoms with van der Waals surface area (Å²) < 4.78 is 23.5. The molecule has 0 saturated heterocycles. The molecule has 8 nitrogen and oxygen atoms in total. The second-order valence-electron chi connectivity index (χ2n) is 4.71. The average Bonchev–Trinajstić information content (AvgIpc) is 2.56. The standard InChI is InChI=1S/C16H18O8/c1-10(2)14(17)22-8-7-11-5-6-12(23-15(18)20-3)13(9-11)24-16(19)21-4/h5-10H,1-4H3/b8-7+. The minimum absolute atomic E-state index is 0.0384. The van der Waals surface area contributed by atoms with E-state index >= 15 is 0 Å². The number of methoxy groups -OCH3 is 2. The maximum absolute atomic E-state index is 11.4. The van der Waals surface area contributed by atoms with Gasteiger partial charge in [-0.05, 0) is 23.8 Å². The van der Waals surface area contributed by atoms with Crippen LogP contribution in [-0.2, 0) is 19.0 Å². The lowest BCUT2D eigenvalue weighted by Crippen LogP contribution is -2.12. The van der Waals surface area contributed by atoms with Gasteiger partial charge in [0.1, 0.15) is 0 Å². The van der Waals surface area contributed by atoms with Crippen LogP contribution in [0, 0.1) is 5.92 Å². The molecule has 0 atom stereocenters. The van der Waals surface area contributed by atoms with Crippen LogP contribution in [0.4, 0.5) is 9.59 Å². The molecule has 0 radical (unpaired) electrons. The molecule has 0 aromatic heterocycles. The van der Waals surface area contributed by atoms with Crippen molar-refractivity contribution in [2.24, 2.45) is 5.92 Å². The molecule has 0 saturated carbocycles. The first-order valence-electron chi connectivity index (χ1n) is 6.90. The summed E-state index contributed by atoms with van der Waals surface area (Å²) in [5.74, 6) is -0.750. The summed E-state index contributed by atoms with van der Waals surface area (Å²) in [6, 6.07) is 4.34. The van der Waals surface area contributed by atoms with E-state index in [1.54, 1.807) is 19.9 Å². The molecule has 0 bridgehead atoms. The summed E-state index contributed by atoms with van der Waals surface area (Å²) >= 11 is 0. The molecule has 130 valence electrons. The molecule has 1 aromatic carbocycles. The minimum atomic E-state index is -0.989. The van der Waals surface area contributed by atoms with Crippen molar-refractivity contribution in [1.82, 2.24) is 0 Å². The highest BCUT2D eigenvalue weighted by molar-refractivity contribution is 5.73. The molecule has 0 unspecified atom stereocenters. The molecular weight excluding hydrogens is 320 g/mol. The van der Waals surface area contributed by atoms with Gasteiger partial charge in [-0.15, -0.1) is 0 Å². The average molecular weight is 338 g/mol. The largest absolute Gasteiger partial charge is 0.513 e. The van der Waals surface area contributed by atoms with Crippen LogP contribution in [0.5, 0.6) is 11.5 Å². The second-order valence-corrected chi connectivity index (χ2v) is 4.71. The van der Waals surface area contributed by atoms with E-state index in [9.17, 15) is 14.4 Å². The Morgan fingerprint density at radius 3 is 2.08 bits per heavy atom. The summed E-state index contributed by atoms with van der Waals surface area (Å²) in [5.41, 5.74) is 0.530. The van der Waals surface area contributed by atoms with Gasteiger partial charge in [0, 0.05) is 0 Å². The van der Waals surface area contributed by atoms with Crippen LogP contribution >= 0.6 is 0 Å². The van der Waals surface area contributed by atoms with Crippen molar-refractivity contribution in [3.63, 3.8) is 0 Å². The first kappa shape index (κ1) is 19.0. The van der Waals surface area contributed by atoms with E-state index in [0.717, 1.165) is 14.2 Å². The van der Waals surface area contributed by atoms with Crippen LogP contribution in [0.2, 0.25) is 0 Å². The lowest BCUT2D eigenvalue weighted by molar-refractivity contribution is -0.141. The van der Waals surface area contributed by atoms with Gasteiger partial charge in [-0.2, -0.15) is 0 Å². The number of rotatable bonds is 5. The lowest BCUT2D eigenvalue weighted by Gasteiger charge is -2.09. The van der Waals surface area contributed by atoms with Crippen LogP contribution in [0.1, 0.15) is 19.4 Å². The molecule has 0 aliphatic heterocycles. The Morgan fingerprint density at radius 2 is 1.54 bits per heavy atom. The number of carbonyl (C=O) groups is 3. The fourth-order valence-corrected chi connectivity index (χ4v) is 1.37. The molecule has 0 aliphatic carbocycles. The Bertz CT molecular complexity index is 633.